The third-order valence-electron chi connectivity index (χ3n) is 1.57. The van der Waals surface area contributed by atoms with E-state index in [1.54, 1.807) is 12.3 Å². The van der Waals surface area contributed by atoms with E-state index >= 15 is 0 Å². The van der Waals surface area contributed by atoms with Crippen molar-refractivity contribution in [3.8, 4) is 6.07 Å². The molecular formula is C8H10FN3. The average Bonchev–Trinajstić information content (AvgIpc) is 2.47. The lowest BCUT2D eigenvalue weighted by atomic mass is 10.3. The van der Waals surface area contributed by atoms with E-state index < -0.39 is 6.17 Å². The molecule has 0 N–H and O–H groups in total. The van der Waals surface area contributed by atoms with Crippen molar-refractivity contribution in [2.45, 2.75) is 26.1 Å². The molecule has 0 saturated carbocycles. The second-order valence-electron chi connectivity index (χ2n) is 2.62. The molecule has 1 aromatic rings. The van der Waals surface area contributed by atoms with E-state index in [4.69, 9.17) is 5.26 Å². The summed E-state index contributed by atoms with van der Waals surface area (Å²) in [5, 5.41) is 12.5. The molecular weight excluding hydrogens is 157 g/mol. The highest BCUT2D eigenvalue weighted by Gasteiger charge is 2.03. The minimum absolute atomic E-state index is 0.399. The number of nitrogens with zero attached hydrogens (tertiary/aromatic N) is 3. The summed E-state index contributed by atoms with van der Waals surface area (Å²) < 4.78 is 13.9. The van der Waals surface area contributed by atoms with Crippen molar-refractivity contribution in [1.82, 2.24) is 9.78 Å². The van der Waals surface area contributed by atoms with Crippen molar-refractivity contribution in [2.75, 3.05) is 0 Å². The Morgan fingerprint density at radius 3 is 3.17 bits per heavy atom. The second-order valence-corrected chi connectivity index (χ2v) is 2.62. The van der Waals surface area contributed by atoms with Crippen molar-refractivity contribution >= 4 is 0 Å². The van der Waals surface area contributed by atoms with Gasteiger partial charge in [0.1, 0.15) is 11.8 Å². The Balaban J connectivity index is 2.58. The molecule has 0 aliphatic rings. The van der Waals surface area contributed by atoms with Crippen molar-refractivity contribution in [3.63, 3.8) is 0 Å². The zero-order chi connectivity index (χ0) is 8.97. The maximum atomic E-state index is 12.4. The molecule has 1 atom stereocenters. The fourth-order valence-corrected chi connectivity index (χ4v) is 0.906. The molecule has 0 radical (unpaired) electrons. The molecule has 0 aliphatic carbocycles. The van der Waals surface area contributed by atoms with Crippen LogP contribution < -0.4 is 0 Å². The minimum Gasteiger partial charge on any atom is -0.255 e. The van der Waals surface area contributed by atoms with E-state index in [1.807, 2.05) is 6.07 Å². The normalized spacial score (nSPS) is 12.4. The number of halogens is 1. The standard InChI is InChI=1S/C8H10FN3/c1-7(9)3-5-12-8(6-10)2-4-11-12/h2,4,7H,3,5H2,1H3. The van der Waals surface area contributed by atoms with Gasteiger partial charge in [0.15, 0.2) is 0 Å². The highest BCUT2D eigenvalue weighted by atomic mass is 19.1. The van der Waals surface area contributed by atoms with Crippen LogP contribution in [0.15, 0.2) is 12.3 Å². The first-order valence-electron chi connectivity index (χ1n) is 3.80. The van der Waals surface area contributed by atoms with Gasteiger partial charge in [-0.3, -0.25) is 4.68 Å². The predicted molar refractivity (Wildman–Crippen MR) is 42.1 cm³/mol. The average molecular weight is 167 g/mol. The van der Waals surface area contributed by atoms with Crippen molar-refractivity contribution < 1.29 is 4.39 Å². The van der Waals surface area contributed by atoms with Crippen LogP contribution in [0.25, 0.3) is 0 Å². The third-order valence-corrected chi connectivity index (χ3v) is 1.57. The first kappa shape index (κ1) is 8.72. The molecule has 0 aromatic carbocycles. The van der Waals surface area contributed by atoms with Crippen LogP contribution in [0.4, 0.5) is 4.39 Å². The van der Waals surface area contributed by atoms with Gasteiger partial charge in [0.2, 0.25) is 0 Å². The third kappa shape index (κ3) is 2.06. The number of nitriles is 1. The smallest absolute Gasteiger partial charge is 0.138 e. The summed E-state index contributed by atoms with van der Waals surface area (Å²) in [7, 11) is 0. The summed E-state index contributed by atoms with van der Waals surface area (Å²) in [6, 6.07) is 3.59. The van der Waals surface area contributed by atoms with E-state index in [0.717, 1.165) is 0 Å². The summed E-state index contributed by atoms with van der Waals surface area (Å²) in [5.41, 5.74) is 0.482. The minimum atomic E-state index is -0.847. The van der Waals surface area contributed by atoms with E-state index in [0.29, 0.717) is 18.7 Å². The van der Waals surface area contributed by atoms with Crippen LogP contribution in [-0.4, -0.2) is 16.0 Å². The number of rotatable bonds is 3. The molecule has 1 aromatic heterocycles. The molecule has 64 valence electrons. The summed E-state index contributed by atoms with van der Waals surface area (Å²) in [6.07, 6.45) is 1.10. The molecule has 1 unspecified atom stereocenters. The largest absolute Gasteiger partial charge is 0.255 e. The molecule has 1 rings (SSSR count). The van der Waals surface area contributed by atoms with Crippen molar-refractivity contribution in [3.05, 3.63) is 18.0 Å². The SMILES string of the molecule is CC(F)CCn1nccc1C#N. The van der Waals surface area contributed by atoms with Crippen LogP contribution in [0, 0.1) is 11.3 Å². The topological polar surface area (TPSA) is 41.6 Å². The molecule has 12 heavy (non-hydrogen) atoms. The van der Waals surface area contributed by atoms with Crippen LogP contribution in [-0.2, 0) is 6.54 Å². The van der Waals surface area contributed by atoms with Crippen molar-refractivity contribution in [1.29, 1.82) is 5.26 Å². The van der Waals surface area contributed by atoms with E-state index in [2.05, 4.69) is 5.10 Å². The lowest BCUT2D eigenvalue weighted by Crippen LogP contribution is -2.06. The van der Waals surface area contributed by atoms with Crippen LogP contribution in [0.5, 0.6) is 0 Å². The van der Waals surface area contributed by atoms with E-state index in [1.165, 1.54) is 11.6 Å². The van der Waals surface area contributed by atoms with Gasteiger partial charge in [0.25, 0.3) is 0 Å². The number of aromatic nitrogens is 2. The number of aryl methyl sites for hydroxylation is 1. The zero-order valence-electron chi connectivity index (χ0n) is 6.87. The van der Waals surface area contributed by atoms with Gasteiger partial charge >= 0.3 is 0 Å². The molecule has 0 amide bonds. The van der Waals surface area contributed by atoms with Gasteiger partial charge in [-0.15, -0.1) is 0 Å². The highest BCUT2D eigenvalue weighted by molar-refractivity contribution is 5.18. The number of hydrogen-bond donors (Lipinski definition) is 0. The van der Waals surface area contributed by atoms with Gasteiger partial charge in [-0.25, -0.2) is 4.39 Å². The van der Waals surface area contributed by atoms with Gasteiger partial charge in [0.05, 0.1) is 12.4 Å². The second kappa shape index (κ2) is 3.86. The van der Waals surface area contributed by atoms with Crippen LogP contribution in [0.2, 0.25) is 0 Å². The fraction of sp³-hybridized carbons (Fsp3) is 0.500. The quantitative estimate of drug-likeness (QED) is 0.684. The van der Waals surface area contributed by atoms with Crippen LogP contribution in [0.1, 0.15) is 19.0 Å². The fourth-order valence-electron chi connectivity index (χ4n) is 0.906. The van der Waals surface area contributed by atoms with Gasteiger partial charge in [-0.1, -0.05) is 0 Å². The first-order valence-corrected chi connectivity index (χ1v) is 3.80. The van der Waals surface area contributed by atoms with E-state index in [-0.39, 0.29) is 0 Å². The van der Waals surface area contributed by atoms with E-state index in [9.17, 15) is 4.39 Å². The van der Waals surface area contributed by atoms with Gasteiger partial charge in [-0.05, 0) is 19.4 Å². The number of hydrogen-bond acceptors (Lipinski definition) is 2. The molecule has 4 heteroatoms. The monoisotopic (exact) mass is 167 g/mol. The van der Waals surface area contributed by atoms with Crippen molar-refractivity contribution in [2.24, 2.45) is 0 Å². The van der Waals surface area contributed by atoms with Crippen LogP contribution >= 0.6 is 0 Å². The highest BCUT2D eigenvalue weighted by Crippen LogP contribution is 2.02. The Morgan fingerprint density at radius 2 is 2.58 bits per heavy atom. The Morgan fingerprint density at radius 1 is 1.83 bits per heavy atom. The van der Waals surface area contributed by atoms with Gasteiger partial charge < -0.3 is 0 Å². The Bertz CT molecular complexity index is 285. The Hall–Kier alpha value is -1.37. The molecule has 3 nitrogen and oxygen atoms in total. The lowest BCUT2D eigenvalue weighted by Gasteiger charge is -2.02. The molecule has 0 spiro atoms. The Kier molecular flexibility index (Phi) is 2.81. The summed E-state index contributed by atoms with van der Waals surface area (Å²) in [6.45, 7) is 1.96. The first-order chi connectivity index (χ1) is 5.74. The molecule has 0 bridgehead atoms. The molecule has 1 heterocycles. The Labute approximate surface area is 70.4 Å². The zero-order valence-corrected chi connectivity index (χ0v) is 6.87. The summed E-state index contributed by atoms with van der Waals surface area (Å²) in [5.74, 6) is 0. The maximum Gasteiger partial charge on any atom is 0.138 e. The maximum absolute atomic E-state index is 12.4. The molecule has 0 aliphatic heterocycles. The molecule has 0 fully saturated rings. The summed E-state index contributed by atoms with van der Waals surface area (Å²) in [4.78, 5) is 0. The molecule has 0 saturated heterocycles. The van der Waals surface area contributed by atoms with Gasteiger partial charge in [0, 0.05) is 6.54 Å². The summed E-state index contributed by atoms with van der Waals surface area (Å²) >= 11 is 0. The van der Waals surface area contributed by atoms with Crippen LogP contribution in [0.3, 0.4) is 0 Å². The lowest BCUT2D eigenvalue weighted by molar-refractivity contribution is 0.319. The predicted octanol–water partition coefficient (Wildman–Crippen LogP) is 1.50. The number of alkyl halides is 1. The van der Waals surface area contributed by atoms with Gasteiger partial charge in [-0.2, -0.15) is 10.4 Å².